The summed E-state index contributed by atoms with van der Waals surface area (Å²) in [5.74, 6) is 1.28. The summed E-state index contributed by atoms with van der Waals surface area (Å²) in [5, 5.41) is 5.05. The molecular weight excluding hydrogens is 302 g/mol. The van der Waals surface area contributed by atoms with Crippen molar-refractivity contribution in [2.24, 2.45) is 0 Å². The third-order valence-electron chi connectivity index (χ3n) is 3.59. The van der Waals surface area contributed by atoms with E-state index in [4.69, 9.17) is 11.6 Å². The highest BCUT2D eigenvalue weighted by Gasteiger charge is 2.17. The predicted molar refractivity (Wildman–Crippen MR) is 85.3 cm³/mol. The molecule has 6 nitrogen and oxygen atoms in total. The molecular formula is C15H16ClN5O. The molecule has 0 N–H and O–H groups in total. The van der Waals surface area contributed by atoms with Crippen molar-refractivity contribution in [1.82, 2.24) is 24.1 Å². The van der Waals surface area contributed by atoms with Crippen molar-refractivity contribution in [1.29, 1.82) is 0 Å². The molecule has 0 saturated heterocycles. The van der Waals surface area contributed by atoms with Gasteiger partial charge in [-0.2, -0.15) is 4.98 Å². The van der Waals surface area contributed by atoms with Crippen LogP contribution in [0.1, 0.15) is 24.5 Å². The largest absolute Gasteiger partial charge is 0.293 e. The topological polar surface area (TPSA) is 65.1 Å². The second-order valence-electron chi connectivity index (χ2n) is 5.22. The van der Waals surface area contributed by atoms with Crippen LogP contribution in [0.25, 0.3) is 17.2 Å². The number of rotatable bonds is 3. The number of hydrogen-bond acceptors (Lipinski definition) is 4. The Morgan fingerprint density at radius 1 is 1.32 bits per heavy atom. The average Bonchev–Trinajstić information content (AvgIpc) is 2.81. The molecule has 0 bridgehead atoms. The van der Waals surface area contributed by atoms with E-state index in [9.17, 15) is 4.79 Å². The summed E-state index contributed by atoms with van der Waals surface area (Å²) in [7, 11) is 0. The van der Waals surface area contributed by atoms with E-state index >= 15 is 0 Å². The molecule has 0 aliphatic carbocycles. The van der Waals surface area contributed by atoms with Crippen molar-refractivity contribution >= 4 is 17.4 Å². The molecule has 0 radical (unpaired) electrons. The third kappa shape index (κ3) is 2.29. The molecule has 0 amide bonds. The lowest BCUT2D eigenvalue weighted by Crippen LogP contribution is -2.14. The summed E-state index contributed by atoms with van der Waals surface area (Å²) in [6, 6.07) is 1.88. The Labute approximate surface area is 132 Å². The van der Waals surface area contributed by atoms with Crippen molar-refractivity contribution in [3.63, 3.8) is 0 Å². The number of aryl methyl sites for hydroxylation is 2. The van der Waals surface area contributed by atoms with Gasteiger partial charge in [0.1, 0.15) is 5.15 Å². The maximum absolute atomic E-state index is 11.9. The van der Waals surface area contributed by atoms with E-state index < -0.39 is 0 Å². The fourth-order valence-electron chi connectivity index (χ4n) is 2.42. The lowest BCUT2D eigenvalue weighted by Gasteiger charge is -2.08. The Bertz CT molecular complexity index is 912. The summed E-state index contributed by atoms with van der Waals surface area (Å²) in [6.07, 6.45) is 4.27. The van der Waals surface area contributed by atoms with Crippen LogP contribution in [-0.2, 0) is 6.54 Å². The summed E-state index contributed by atoms with van der Waals surface area (Å²) in [5.41, 5.74) is 2.09. The molecule has 3 aromatic heterocycles. The minimum absolute atomic E-state index is 0.228. The molecule has 0 fully saturated rings. The molecule has 22 heavy (non-hydrogen) atoms. The first-order chi connectivity index (χ1) is 10.5. The van der Waals surface area contributed by atoms with E-state index in [0.717, 1.165) is 23.4 Å². The first kappa shape index (κ1) is 14.7. The van der Waals surface area contributed by atoms with Gasteiger partial charge < -0.3 is 0 Å². The Kier molecular flexibility index (Phi) is 3.70. The minimum Gasteiger partial charge on any atom is -0.293 e. The van der Waals surface area contributed by atoms with Crippen LogP contribution in [0.4, 0.5) is 0 Å². The summed E-state index contributed by atoms with van der Waals surface area (Å²) < 4.78 is 3.59. The molecule has 3 heterocycles. The number of pyridine rings is 1. The molecule has 3 aromatic rings. The van der Waals surface area contributed by atoms with Crippen LogP contribution in [0.2, 0.25) is 5.15 Å². The van der Waals surface area contributed by atoms with Gasteiger partial charge in [-0.15, -0.1) is 5.10 Å². The lowest BCUT2D eigenvalue weighted by molar-refractivity contribution is 0.694. The Hall–Kier alpha value is -2.21. The van der Waals surface area contributed by atoms with E-state index in [2.05, 4.69) is 22.0 Å². The second-order valence-corrected chi connectivity index (χ2v) is 5.58. The van der Waals surface area contributed by atoms with E-state index in [1.165, 1.54) is 0 Å². The molecule has 0 atom stereocenters. The van der Waals surface area contributed by atoms with Crippen LogP contribution in [0.5, 0.6) is 0 Å². The minimum atomic E-state index is -0.228. The fraction of sp³-hybridized carbons (Fsp3) is 0.333. The molecule has 0 aliphatic rings. The van der Waals surface area contributed by atoms with Crippen molar-refractivity contribution < 1.29 is 0 Å². The molecule has 7 heteroatoms. The van der Waals surface area contributed by atoms with Gasteiger partial charge in [0.2, 0.25) is 5.78 Å². The highest BCUT2D eigenvalue weighted by Crippen LogP contribution is 2.26. The average molecular weight is 318 g/mol. The Morgan fingerprint density at radius 3 is 2.82 bits per heavy atom. The number of hydrogen-bond donors (Lipinski definition) is 0. The third-order valence-corrected chi connectivity index (χ3v) is 3.97. The van der Waals surface area contributed by atoms with E-state index in [1.54, 1.807) is 23.8 Å². The SMILES string of the molecule is CCCn1c(-c2ccnc(Cl)c2C)nn2cc(C)c(=O)nc12. The van der Waals surface area contributed by atoms with E-state index in [1.807, 2.05) is 17.6 Å². The van der Waals surface area contributed by atoms with Crippen molar-refractivity contribution in [3.05, 3.63) is 45.1 Å². The Morgan fingerprint density at radius 2 is 2.09 bits per heavy atom. The van der Waals surface area contributed by atoms with E-state index in [-0.39, 0.29) is 5.56 Å². The summed E-state index contributed by atoms with van der Waals surface area (Å²) >= 11 is 6.12. The van der Waals surface area contributed by atoms with Crippen LogP contribution in [0.3, 0.4) is 0 Å². The van der Waals surface area contributed by atoms with Crippen LogP contribution in [0.15, 0.2) is 23.3 Å². The first-order valence-electron chi connectivity index (χ1n) is 7.11. The van der Waals surface area contributed by atoms with Crippen LogP contribution >= 0.6 is 11.6 Å². The van der Waals surface area contributed by atoms with E-state index in [0.29, 0.717) is 23.0 Å². The highest BCUT2D eigenvalue weighted by molar-refractivity contribution is 6.30. The molecule has 0 aromatic carbocycles. The number of aromatic nitrogens is 5. The molecule has 114 valence electrons. The molecule has 0 spiro atoms. The monoisotopic (exact) mass is 317 g/mol. The molecule has 0 unspecified atom stereocenters. The van der Waals surface area contributed by atoms with Crippen LogP contribution in [-0.4, -0.2) is 24.1 Å². The summed E-state index contributed by atoms with van der Waals surface area (Å²) in [6.45, 7) is 6.42. The summed E-state index contributed by atoms with van der Waals surface area (Å²) in [4.78, 5) is 20.1. The maximum Gasteiger partial charge on any atom is 0.277 e. The van der Waals surface area contributed by atoms with Gasteiger partial charge in [0, 0.05) is 30.1 Å². The molecule has 0 aliphatic heterocycles. The van der Waals surface area contributed by atoms with Crippen LogP contribution in [0, 0.1) is 13.8 Å². The smallest absolute Gasteiger partial charge is 0.277 e. The van der Waals surface area contributed by atoms with Gasteiger partial charge in [0.05, 0.1) is 0 Å². The van der Waals surface area contributed by atoms with Crippen molar-refractivity contribution in [2.45, 2.75) is 33.7 Å². The van der Waals surface area contributed by atoms with Gasteiger partial charge in [0.15, 0.2) is 5.82 Å². The number of halogens is 1. The highest BCUT2D eigenvalue weighted by atomic mass is 35.5. The quantitative estimate of drug-likeness (QED) is 0.697. The molecule has 0 saturated carbocycles. The fourth-order valence-corrected chi connectivity index (χ4v) is 2.57. The van der Waals surface area contributed by atoms with Gasteiger partial charge in [-0.25, -0.2) is 9.50 Å². The van der Waals surface area contributed by atoms with Gasteiger partial charge in [0.25, 0.3) is 5.56 Å². The second kappa shape index (κ2) is 5.53. The van der Waals surface area contributed by atoms with Crippen LogP contribution < -0.4 is 5.56 Å². The van der Waals surface area contributed by atoms with Gasteiger partial charge in [-0.05, 0) is 31.9 Å². The molecule has 3 rings (SSSR count). The van der Waals surface area contributed by atoms with Crippen molar-refractivity contribution in [3.8, 4) is 11.4 Å². The lowest BCUT2D eigenvalue weighted by atomic mass is 10.1. The predicted octanol–water partition coefficient (Wildman–Crippen LogP) is 2.63. The number of nitrogens with zero attached hydrogens (tertiary/aromatic N) is 5. The number of fused-ring (bicyclic) bond motifs is 1. The van der Waals surface area contributed by atoms with Gasteiger partial charge >= 0.3 is 0 Å². The standard InChI is InChI=1S/C15H16ClN5O/c1-4-7-20-13(11-5-6-17-12(16)10(11)3)19-21-8-9(2)14(22)18-15(20)21/h5-6,8H,4,7H2,1-3H3. The normalized spacial score (nSPS) is 11.3. The zero-order chi connectivity index (χ0) is 15.9. The Balaban J connectivity index is 2.35. The maximum atomic E-state index is 11.9. The zero-order valence-corrected chi connectivity index (χ0v) is 13.4. The van der Waals surface area contributed by atoms with Gasteiger partial charge in [-0.1, -0.05) is 18.5 Å². The first-order valence-corrected chi connectivity index (χ1v) is 7.49. The van der Waals surface area contributed by atoms with Crippen molar-refractivity contribution in [2.75, 3.05) is 0 Å². The zero-order valence-electron chi connectivity index (χ0n) is 12.7. The van der Waals surface area contributed by atoms with Gasteiger partial charge in [-0.3, -0.25) is 9.36 Å².